The topological polar surface area (TPSA) is 105 Å². The first-order valence-corrected chi connectivity index (χ1v) is 6.27. The molecule has 0 saturated carbocycles. The van der Waals surface area contributed by atoms with Crippen LogP contribution in [0.4, 0.5) is 14.5 Å². The van der Waals surface area contributed by atoms with Crippen LogP contribution in [-0.4, -0.2) is 25.2 Å². The SMILES string of the molecule is NC(=NO)c1ccc(Cl)c(NS(=O)(=O)C(F)F)c1. The van der Waals surface area contributed by atoms with E-state index < -0.39 is 15.8 Å². The lowest BCUT2D eigenvalue weighted by atomic mass is 10.2. The van der Waals surface area contributed by atoms with Crippen molar-refractivity contribution in [2.24, 2.45) is 10.9 Å². The van der Waals surface area contributed by atoms with Crippen LogP contribution in [-0.2, 0) is 10.0 Å². The van der Waals surface area contributed by atoms with Crippen LogP contribution in [0.15, 0.2) is 23.4 Å². The fourth-order valence-corrected chi connectivity index (χ4v) is 1.80. The van der Waals surface area contributed by atoms with Gasteiger partial charge in [-0.25, -0.2) is 8.42 Å². The number of alkyl halides is 2. The van der Waals surface area contributed by atoms with Crippen molar-refractivity contribution in [2.75, 3.05) is 4.72 Å². The minimum absolute atomic E-state index is 0.103. The Kier molecular flexibility index (Phi) is 4.30. The number of rotatable bonds is 4. The van der Waals surface area contributed by atoms with Gasteiger partial charge in [-0.1, -0.05) is 16.8 Å². The van der Waals surface area contributed by atoms with Crippen LogP contribution in [0.1, 0.15) is 5.56 Å². The molecule has 10 heteroatoms. The molecule has 0 radical (unpaired) electrons. The molecule has 1 rings (SSSR count). The summed E-state index contributed by atoms with van der Waals surface area (Å²) >= 11 is 5.64. The molecule has 18 heavy (non-hydrogen) atoms. The third-order valence-corrected chi connectivity index (χ3v) is 3.16. The van der Waals surface area contributed by atoms with Gasteiger partial charge in [0.15, 0.2) is 5.84 Å². The first-order valence-electron chi connectivity index (χ1n) is 4.35. The minimum Gasteiger partial charge on any atom is -0.409 e. The van der Waals surface area contributed by atoms with Crippen molar-refractivity contribution >= 4 is 33.1 Å². The molecule has 0 fully saturated rings. The molecule has 0 spiro atoms. The maximum atomic E-state index is 12.2. The van der Waals surface area contributed by atoms with E-state index in [1.807, 2.05) is 0 Å². The zero-order chi connectivity index (χ0) is 13.9. The van der Waals surface area contributed by atoms with Crippen molar-refractivity contribution in [3.63, 3.8) is 0 Å². The number of amidine groups is 1. The van der Waals surface area contributed by atoms with Gasteiger partial charge in [-0.05, 0) is 18.2 Å². The van der Waals surface area contributed by atoms with Crippen LogP contribution < -0.4 is 10.5 Å². The van der Waals surface area contributed by atoms with E-state index in [1.165, 1.54) is 12.1 Å². The van der Waals surface area contributed by atoms with Gasteiger partial charge < -0.3 is 10.9 Å². The molecule has 0 aliphatic heterocycles. The van der Waals surface area contributed by atoms with E-state index in [-0.39, 0.29) is 22.1 Å². The molecule has 100 valence electrons. The summed E-state index contributed by atoms with van der Waals surface area (Å²) in [5, 5.41) is 11.0. The molecular weight excluding hydrogens is 292 g/mol. The number of benzene rings is 1. The maximum Gasteiger partial charge on any atom is 0.355 e. The molecule has 6 nitrogen and oxygen atoms in total. The van der Waals surface area contributed by atoms with Gasteiger partial charge >= 0.3 is 5.76 Å². The maximum absolute atomic E-state index is 12.2. The number of nitrogens with one attached hydrogen (secondary N) is 1. The lowest BCUT2D eigenvalue weighted by Gasteiger charge is -2.10. The van der Waals surface area contributed by atoms with E-state index >= 15 is 0 Å². The molecule has 0 bridgehead atoms. The van der Waals surface area contributed by atoms with Gasteiger partial charge in [-0.2, -0.15) is 8.78 Å². The molecule has 1 aromatic carbocycles. The number of hydrogen-bond acceptors (Lipinski definition) is 4. The number of anilines is 1. The summed E-state index contributed by atoms with van der Waals surface area (Å²) < 4.78 is 47.9. The van der Waals surface area contributed by atoms with E-state index in [4.69, 9.17) is 22.5 Å². The van der Waals surface area contributed by atoms with Gasteiger partial charge in [0.25, 0.3) is 10.0 Å². The van der Waals surface area contributed by atoms with Crippen LogP contribution in [0.2, 0.25) is 5.02 Å². The van der Waals surface area contributed by atoms with E-state index in [0.717, 1.165) is 6.07 Å². The average molecular weight is 300 g/mol. The molecule has 0 aliphatic carbocycles. The van der Waals surface area contributed by atoms with Gasteiger partial charge in [-0.3, -0.25) is 4.72 Å². The summed E-state index contributed by atoms with van der Waals surface area (Å²) in [5.41, 5.74) is 5.10. The highest BCUT2D eigenvalue weighted by Gasteiger charge is 2.24. The zero-order valence-corrected chi connectivity index (χ0v) is 10.2. The molecular formula is C8H8ClF2N3O3S. The standard InChI is InChI=1S/C8H8ClF2N3O3S/c9-5-2-1-4(7(12)13-15)3-6(5)14-18(16,17)8(10)11/h1-3,8,14-15H,(H2,12,13). The van der Waals surface area contributed by atoms with Crippen molar-refractivity contribution in [3.05, 3.63) is 28.8 Å². The van der Waals surface area contributed by atoms with Gasteiger partial charge in [0.1, 0.15) is 0 Å². The Bertz CT molecular complexity index is 577. The normalized spacial score (nSPS) is 12.8. The Balaban J connectivity index is 3.18. The quantitative estimate of drug-likeness (QED) is 0.338. The van der Waals surface area contributed by atoms with Crippen LogP contribution in [0.25, 0.3) is 0 Å². The number of halogens is 3. The Morgan fingerprint density at radius 2 is 2.11 bits per heavy atom. The van der Waals surface area contributed by atoms with Crippen molar-refractivity contribution in [1.82, 2.24) is 0 Å². The lowest BCUT2D eigenvalue weighted by Crippen LogP contribution is -2.21. The lowest BCUT2D eigenvalue weighted by molar-refractivity contribution is 0.236. The van der Waals surface area contributed by atoms with Crippen molar-refractivity contribution in [1.29, 1.82) is 0 Å². The third-order valence-electron chi connectivity index (χ3n) is 1.86. The van der Waals surface area contributed by atoms with Crippen molar-refractivity contribution < 1.29 is 22.4 Å². The molecule has 0 amide bonds. The zero-order valence-electron chi connectivity index (χ0n) is 8.64. The second kappa shape index (κ2) is 5.36. The third kappa shape index (κ3) is 3.20. The van der Waals surface area contributed by atoms with Crippen molar-refractivity contribution in [3.8, 4) is 0 Å². The summed E-state index contributed by atoms with van der Waals surface area (Å²) in [6, 6.07) is 3.62. The monoisotopic (exact) mass is 299 g/mol. The van der Waals surface area contributed by atoms with Gasteiger partial charge in [0, 0.05) is 5.56 Å². The first kappa shape index (κ1) is 14.5. The second-order valence-corrected chi connectivity index (χ2v) is 5.15. The van der Waals surface area contributed by atoms with Crippen LogP contribution in [0.3, 0.4) is 0 Å². The highest BCUT2D eigenvalue weighted by atomic mass is 35.5. The van der Waals surface area contributed by atoms with Gasteiger partial charge in [0.05, 0.1) is 10.7 Å². The fourth-order valence-electron chi connectivity index (χ4n) is 1.02. The molecule has 1 aromatic rings. The summed E-state index contributed by atoms with van der Waals surface area (Å²) in [6.45, 7) is 0. The van der Waals surface area contributed by atoms with E-state index in [1.54, 1.807) is 4.72 Å². The Morgan fingerprint density at radius 3 is 2.61 bits per heavy atom. The fraction of sp³-hybridized carbons (Fsp3) is 0.125. The molecule has 4 N–H and O–H groups in total. The number of oxime groups is 1. The number of nitrogens with two attached hydrogens (primary N) is 1. The summed E-state index contributed by atoms with van der Waals surface area (Å²) in [6.07, 6.45) is 0. The number of hydrogen-bond donors (Lipinski definition) is 3. The highest BCUT2D eigenvalue weighted by Crippen LogP contribution is 2.25. The van der Waals surface area contributed by atoms with Gasteiger partial charge in [0.2, 0.25) is 0 Å². The summed E-state index contributed by atoms with van der Waals surface area (Å²) in [4.78, 5) is 0. The highest BCUT2D eigenvalue weighted by molar-refractivity contribution is 7.93. The second-order valence-electron chi connectivity index (χ2n) is 3.09. The Labute approximate surface area is 106 Å². The molecule has 0 unspecified atom stereocenters. The number of nitrogens with zero attached hydrogens (tertiary/aromatic N) is 1. The minimum atomic E-state index is -4.83. The van der Waals surface area contributed by atoms with E-state index in [2.05, 4.69) is 5.16 Å². The molecule has 0 atom stereocenters. The van der Waals surface area contributed by atoms with Crippen LogP contribution >= 0.6 is 11.6 Å². The van der Waals surface area contributed by atoms with Crippen LogP contribution in [0, 0.1) is 0 Å². The van der Waals surface area contributed by atoms with Crippen molar-refractivity contribution in [2.45, 2.75) is 5.76 Å². The van der Waals surface area contributed by atoms with E-state index in [0.29, 0.717) is 0 Å². The van der Waals surface area contributed by atoms with E-state index in [9.17, 15) is 17.2 Å². The Hall–Kier alpha value is -1.61. The predicted molar refractivity (Wildman–Crippen MR) is 62.5 cm³/mol. The number of sulfonamides is 1. The molecule has 0 heterocycles. The summed E-state index contributed by atoms with van der Waals surface area (Å²) in [5.74, 6) is -3.91. The Morgan fingerprint density at radius 1 is 1.50 bits per heavy atom. The smallest absolute Gasteiger partial charge is 0.355 e. The molecule has 0 aromatic heterocycles. The predicted octanol–water partition coefficient (Wildman–Crippen LogP) is 1.40. The first-order chi connectivity index (χ1) is 8.27. The summed E-state index contributed by atoms with van der Waals surface area (Å²) in [7, 11) is -4.83. The average Bonchev–Trinajstić information content (AvgIpc) is 2.30. The largest absolute Gasteiger partial charge is 0.409 e. The molecule has 0 aliphatic rings. The molecule has 0 saturated heterocycles. The van der Waals surface area contributed by atoms with Gasteiger partial charge in [-0.15, -0.1) is 0 Å². The van der Waals surface area contributed by atoms with Crippen LogP contribution in [0.5, 0.6) is 0 Å².